The van der Waals surface area contributed by atoms with Gasteiger partial charge in [-0.1, -0.05) is 5.92 Å². The molecular formula is C21H41N3O8. The molecule has 0 aromatic heterocycles. The highest BCUT2D eigenvalue weighted by Crippen LogP contribution is 2.02. The number of nitrogens with two attached hydrogens (primary N) is 1. The number of hydrogen-bond donors (Lipinski definition) is 5. The maximum atomic E-state index is 11.8. The fourth-order valence-electron chi connectivity index (χ4n) is 2.61. The Morgan fingerprint density at radius 3 is 2.09 bits per heavy atom. The van der Waals surface area contributed by atoms with Crippen molar-refractivity contribution in [1.82, 2.24) is 10.2 Å². The van der Waals surface area contributed by atoms with Gasteiger partial charge >= 0.3 is 0 Å². The number of ether oxygens (including phenoxy) is 4. The van der Waals surface area contributed by atoms with Crippen LogP contribution in [0.15, 0.2) is 0 Å². The minimum absolute atomic E-state index is 0.0960. The van der Waals surface area contributed by atoms with E-state index in [1.54, 1.807) is 4.90 Å². The Balaban J connectivity index is 3.63. The summed E-state index contributed by atoms with van der Waals surface area (Å²) >= 11 is 0. The topological polar surface area (TPSA) is 156 Å². The molecule has 0 heterocycles. The molecule has 11 nitrogen and oxygen atoms in total. The minimum atomic E-state index is -0.738. The number of carbonyl (C=O) groups is 1. The Hall–Kier alpha value is -1.33. The van der Waals surface area contributed by atoms with Crippen LogP contribution in [0.1, 0.15) is 12.8 Å². The number of rotatable bonds is 23. The lowest BCUT2D eigenvalue weighted by Gasteiger charge is -2.30. The molecule has 6 N–H and O–H groups in total. The van der Waals surface area contributed by atoms with E-state index in [0.29, 0.717) is 65.8 Å². The van der Waals surface area contributed by atoms with Crippen molar-refractivity contribution in [3.05, 3.63) is 0 Å². The second-order valence-electron chi connectivity index (χ2n) is 6.95. The summed E-state index contributed by atoms with van der Waals surface area (Å²) in [6, 6.07) is -0.470. The van der Waals surface area contributed by atoms with E-state index in [1.165, 1.54) is 0 Å². The quantitative estimate of drug-likeness (QED) is 0.0815. The molecule has 0 rings (SSSR count). The Kier molecular flexibility index (Phi) is 21.9. The first-order valence-corrected chi connectivity index (χ1v) is 10.9. The molecule has 11 heteroatoms. The number of aliphatic hydroxyl groups excluding tert-OH is 3. The Morgan fingerprint density at radius 2 is 1.56 bits per heavy atom. The third-order valence-corrected chi connectivity index (χ3v) is 4.37. The van der Waals surface area contributed by atoms with Gasteiger partial charge in [-0.2, -0.15) is 0 Å². The van der Waals surface area contributed by atoms with Gasteiger partial charge in [-0.15, -0.1) is 6.42 Å². The van der Waals surface area contributed by atoms with Gasteiger partial charge in [0.2, 0.25) is 5.91 Å². The van der Waals surface area contributed by atoms with Crippen LogP contribution in [-0.2, 0) is 23.7 Å². The second kappa shape index (κ2) is 22.8. The van der Waals surface area contributed by atoms with E-state index in [9.17, 15) is 20.1 Å². The van der Waals surface area contributed by atoms with Crippen molar-refractivity contribution in [2.75, 3.05) is 92.2 Å². The summed E-state index contributed by atoms with van der Waals surface area (Å²) in [6.07, 6.45) is 5.16. The van der Waals surface area contributed by atoms with Crippen molar-refractivity contribution in [1.29, 1.82) is 0 Å². The largest absolute Gasteiger partial charge is 0.395 e. The van der Waals surface area contributed by atoms with Crippen molar-refractivity contribution in [3.63, 3.8) is 0 Å². The third kappa shape index (κ3) is 18.3. The van der Waals surface area contributed by atoms with Crippen LogP contribution in [-0.4, -0.2) is 131 Å². The van der Waals surface area contributed by atoms with Crippen LogP contribution in [0.4, 0.5) is 0 Å². The maximum absolute atomic E-state index is 11.8. The summed E-state index contributed by atoms with van der Waals surface area (Å²) in [4.78, 5) is 13.6. The first-order chi connectivity index (χ1) is 15.6. The average molecular weight is 464 g/mol. The number of carbonyl (C=O) groups excluding carboxylic acids is 1. The summed E-state index contributed by atoms with van der Waals surface area (Å²) in [5, 5.41) is 31.2. The van der Waals surface area contributed by atoms with Crippen LogP contribution < -0.4 is 11.1 Å². The smallest absolute Gasteiger partial charge is 0.222 e. The number of aliphatic hydroxyl groups is 3. The molecule has 0 aliphatic rings. The van der Waals surface area contributed by atoms with E-state index >= 15 is 0 Å². The zero-order valence-electron chi connectivity index (χ0n) is 19.0. The van der Waals surface area contributed by atoms with Gasteiger partial charge in [0.05, 0.1) is 71.6 Å². The zero-order chi connectivity index (χ0) is 23.9. The number of nitrogens with one attached hydrogen (secondary N) is 1. The van der Waals surface area contributed by atoms with Gasteiger partial charge in [-0.3, -0.25) is 9.69 Å². The highest BCUT2D eigenvalue weighted by atomic mass is 16.6. The Morgan fingerprint density at radius 1 is 1.00 bits per heavy atom. The number of hydrogen-bond acceptors (Lipinski definition) is 10. The monoisotopic (exact) mass is 463 g/mol. The molecule has 0 bridgehead atoms. The standard InChI is InChI=1S/C21H41N3O8/c1-2-7-29-9-11-31-13-14-32-12-10-30-8-4-21(28)23-5-3-6-24(16-20(27)15-22)19(17-25)18-26/h1,19-20,25-27H,3-18,22H2,(H,23,28)/t20-/m0/s1. The summed E-state index contributed by atoms with van der Waals surface area (Å²) < 4.78 is 21.1. The molecule has 32 heavy (non-hydrogen) atoms. The van der Waals surface area contributed by atoms with E-state index in [-0.39, 0.29) is 45.2 Å². The van der Waals surface area contributed by atoms with Gasteiger partial charge in [0, 0.05) is 32.6 Å². The molecule has 0 aliphatic heterocycles. The van der Waals surface area contributed by atoms with Crippen molar-refractivity contribution in [3.8, 4) is 12.3 Å². The molecule has 188 valence electrons. The summed E-state index contributed by atoms with van der Waals surface area (Å²) in [7, 11) is 0. The third-order valence-electron chi connectivity index (χ3n) is 4.37. The van der Waals surface area contributed by atoms with Gasteiger partial charge in [0.1, 0.15) is 6.61 Å². The predicted molar refractivity (Wildman–Crippen MR) is 119 cm³/mol. The molecule has 0 aromatic carbocycles. The highest BCUT2D eigenvalue weighted by Gasteiger charge is 2.19. The summed E-state index contributed by atoms with van der Waals surface area (Å²) in [5.41, 5.74) is 5.43. The van der Waals surface area contributed by atoms with E-state index in [1.807, 2.05) is 0 Å². The van der Waals surface area contributed by atoms with Crippen molar-refractivity contribution >= 4 is 5.91 Å². The van der Waals surface area contributed by atoms with E-state index in [0.717, 1.165) is 0 Å². The normalized spacial score (nSPS) is 12.3. The highest BCUT2D eigenvalue weighted by molar-refractivity contribution is 5.75. The average Bonchev–Trinajstić information content (AvgIpc) is 2.80. The lowest BCUT2D eigenvalue weighted by molar-refractivity contribution is -0.122. The number of nitrogens with zero attached hydrogens (tertiary/aromatic N) is 1. The molecule has 0 fully saturated rings. The fraction of sp³-hybridized carbons (Fsp3) is 0.857. The van der Waals surface area contributed by atoms with Gasteiger partial charge in [-0.25, -0.2) is 0 Å². The van der Waals surface area contributed by atoms with Crippen LogP contribution >= 0.6 is 0 Å². The zero-order valence-corrected chi connectivity index (χ0v) is 19.0. The first kappa shape index (κ1) is 30.7. The molecule has 0 saturated heterocycles. The molecule has 0 radical (unpaired) electrons. The van der Waals surface area contributed by atoms with Crippen LogP contribution in [0, 0.1) is 12.3 Å². The number of terminal acetylenes is 1. The van der Waals surface area contributed by atoms with Gasteiger partial charge in [0.25, 0.3) is 0 Å². The lowest BCUT2D eigenvalue weighted by Crippen LogP contribution is -2.47. The molecular weight excluding hydrogens is 422 g/mol. The van der Waals surface area contributed by atoms with Crippen molar-refractivity contribution in [2.45, 2.75) is 25.0 Å². The SMILES string of the molecule is C#CCOCCOCCOCCOCCC(=O)NCCCN(C[C@@H](O)CN)C(CO)CO. The fourth-order valence-corrected chi connectivity index (χ4v) is 2.61. The van der Waals surface area contributed by atoms with Gasteiger partial charge < -0.3 is 45.3 Å². The molecule has 1 amide bonds. The van der Waals surface area contributed by atoms with E-state index < -0.39 is 12.1 Å². The van der Waals surface area contributed by atoms with Crippen LogP contribution in [0.5, 0.6) is 0 Å². The van der Waals surface area contributed by atoms with Gasteiger partial charge in [0.15, 0.2) is 0 Å². The van der Waals surface area contributed by atoms with Crippen LogP contribution in [0.2, 0.25) is 0 Å². The molecule has 0 saturated carbocycles. The van der Waals surface area contributed by atoms with Crippen molar-refractivity contribution < 1.29 is 39.1 Å². The molecule has 0 spiro atoms. The number of amides is 1. The maximum Gasteiger partial charge on any atom is 0.222 e. The summed E-state index contributed by atoms with van der Waals surface area (Å²) in [5.74, 6) is 2.25. The van der Waals surface area contributed by atoms with Crippen molar-refractivity contribution in [2.24, 2.45) is 5.73 Å². The van der Waals surface area contributed by atoms with Crippen LogP contribution in [0.3, 0.4) is 0 Å². The lowest BCUT2D eigenvalue weighted by atomic mass is 10.2. The molecule has 1 atom stereocenters. The Bertz CT molecular complexity index is 474. The predicted octanol–water partition coefficient (Wildman–Crippen LogP) is -2.44. The van der Waals surface area contributed by atoms with E-state index in [4.69, 9.17) is 31.1 Å². The molecule has 0 aliphatic carbocycles. The molecule has 0 unspecified atom stereocenters. The second-order valence-corrected chi connectivity index (χ2v) is 6.95. The van der Waals surface area contributed by atoms with Gasteiger partial charge in [-0.05, 0) is 6.42 Å². The van der Waals surface area contributed by atoms with Crippen LogP contribution in [0.25, 0.3) is 0 Å². The summed E-state index contributed by atoms with van der Waals surface area (Å²) in [6.45, 7) is 4.05. The molecule has 0 aromatic rings. The minimum Gasteiger partial charge on any atom is -0.395 e. The Labute approximate surface area is 191 Å². The van der Waals surface area contributed by atoms with E-state index in [2.05, 4.69) is 11.2 Å². The first-order valence-electron chi connectivity index (χ1n) is 10.9.